The van der Waals surface area contributed by atoms with Gasteiger partial charge < -0.3 is 15.5 Å². The monoisotopic (exact) mass is 277 g/mol. The van der Waals surface area contributed by atoms with Crippen molar-refractivity contribution >= 4 is 0 Å². The normalized spacial score (nSPS) is 27.6. The number of aliphatic hydroxyl groups is 1. The van der Waals surface area contributed by atoms with Gasteiger partial charge in [0.25, 0.3) is 0 Å². The minimum Gasteiger partial charge on any atom is -0.508 e. The molecule has 1 saturated carbocycles. The van der Waals surface area contributed by atoms with Crippen LogP contribution < -0.4 is 5.32 Å². The number of aryl methyl sites for hydroxylation is 1. The van der Waals surface area contributed by atoms with Gasteiger partial charge in [-0.3, -0.25) is 0 Å². The molecule has 112 valence electrons. The molecule has 0 spiro atoms. The third-order valence-corrected chi connectivity index (χ3v) is 4.73. The predicted molar refractivity (Wildman–Crippen MR) is 81.9 cm³/mol. The molecule has 20 heavy (non-hydrogen) atoms. The summed E-state index contributed by atoms with van der Waals surface area (Å²) in [5, 5.41) is 22.5. The van der Waals surface area contributed by atoms with E-state index in [0.717, 1.165) is 19.3 Å². The van der Waals surface area contributed by atoms with Gasteiger partial charge in [0.05, 0.1) is 0 Å². The summed E-state index contributed by atoms with van der Waals surface area (Å²) in [6.07, 6.45) is 5.58. The van der Waals surface area contributed by atoms with E-state index in [0.29, 0.717) is 17.8 Å². The van der Waals surface area contributed by atoms with Gasteiger partial charge >= 0.3 is 0 Å². The first-order valence-corrected chi connectivity index (χ1v) is 7.68. The van der Waals surface area contributed by atoms with Crippen LogP contribution in [0.1, 0.15) is 45.1 Å². The minimum absolute atomic E-state index is 0.0484. The van der Waals surface area contributed by atoms with Crippen molar-refractivity contribution in [2.45, 2.75) is 58.0 Å². The number of phenolic OH excluding ortho intramolecular Hbond substituents is 1. The van der Waals surface area contributed by atoms with E-state index in [1.54, 1.807) is 12.1 Å². The molecule has 1 aliphatic carbocycles. The molecular formula is C17H27NO2. The van der Waals surface area contributed by atoms with E-state index in [1.165, 1.54) is 18.4 Å². The zero-order valence-corrected chi connectivity index (χ0v) is 12.6. The second-order valence-corrected chi connectivity index (χ2v) is 6.53. The summed E-state index contributed by atoms with van der Waals surface area (Å²) >= 11 is 0. The highest BCUT2D eigenvalue weighted by Gasteiger charge is 2.38. The van der Waals surface area contributed by atoms with Crippen LogP contribution in [-0.2, 0) is 6.42 Å². The van der Waals surface area contributed by atoms with Gasteiger partial charge in [0.15, 0.2) is 0 Å². The molecule has 0 amide bonds. The summed E-state index contributed by atoms with van der Waals surface area (Å²) in [5.41, 5.74) is 1.31. The molecule has 0 radical (unpaired) electrons. The van der Waals surface area contributed by atoms with Crippen LogP contribution in [0.2, 0.25) is 0 Å². The Labute approximate surface area is 122 Å². The number of hydrogen-bond donors (Lipinski definition) is 3. The summed E-state index contributed by atoms with van der Waals surface area (Å²) < 4.78 is 0. The van der Waals surface area contributed by atoms with Gasteiger partial charge in [0.1, 0.15) is 5.75 Å². The number of hydrogen-bond acceptors (Lipinski definition) is 3. The molecule has 0 saturated heterocycles. The molecule has 1 aromatic carbocycles. The van der Waals surface area contributed by atoms with E-state index >= 15 is 0 Å². The van der Waals surface area contributed by atoms with E-state index in [4.69, 9.17) is 0 Å². The molecule has 1 aliphatic rings. The van der Waals surface area contributed by atoms with E-state index in [-0.39, 0.29) is 12.0 Å². The minimum atomic E-state index is 0.0484. The van der Waals surface area contributed by atoms with Crippen molar-refractivity contribution in [1.82, 2.24) is 5.32 Å². The fourth-order valence-electron chi connectivity index (χ4n) is 3.18. The molecular weight excluding hydrogens is 250 g/mol. The Morgan fingerprint density at radius 3 is 2.70 bits per heavy atom. The molecule has 0 aromatic heterocycles. The molecule has 3 N–H and O–H groups in total. The first-order chi connectivity index (χ1) is 9.53. The van der Waals surface area contributed by atoms with Crippen LogP contribution in [0.3, 0.4) is 0 Å². The van der Waals surface area contributed by atoms with Gasteiger partial charge in [-0.25, -0.2) is 0 Å². The maximum atomic E-state index is 9.58. The molecule has 1 aromatic rings. The topological polar surface area (TPSA) is 52.5 Å². The van der Waals surface area contributed by atoms with Crippen molar-refractivity contribution in [3.63, 3.8) is 0 Å². The van der Waals surface area contributed by atoms with Gasteiger partial charge in [0.2, 0.25) is 0 Å². The number of rotatable bonds is 6. The lowest BCUT2D eigenvalue weighted by molar-refractivity contribution is 0.114. The van der Waals surface area contributed by atoms with Crippen LogP contribution >= 0.6 is 0 Å². The Hall–Kier alpha value is -1.06. The lowest BCUT2D eigenvalue weighted by atomic mass is 9.85. The standard InChI is InChI=1S/C17H27NO2/c1-13(5-6-14-7-9-15(20)10-8-14)18-16-4-3-11-17(16,2)12-19/h7-10,13,16,18-20H,3-6,11-12H2,1-2H3/t13-,16-,17-/m1/s1. The molecule has 0 unspecified atom stereocenters. The molecule has 0 aliphatic heterocycles. The highest BCUT2D eigenvalue weighted by atomic mass is 16.3. The second-order valence-electron chi connectivity index (χ2n) is 6.53. The number of nitrogens with one attached hydrogen (secondary N) is 1. The molecule has 3 nitrogen and oxygen atoms in total. The van der Waals surface area contributed by atoms with Crippen molar-refractivity contribution in [3.8, 4) is 5.75 Å². The van der Waals surface area contributed by atoms with Crippen molar-refractivity contribution in [3.05, 3.63) is 29.8 Å². The number of aliphatic hydroxyl groups excluding tert-OH is 1. The molecule has 1 fully saturated rings. The third-order valence-electron chi connectivity index (χ3n) is 4.73. The predicted octanol–water partition coefficient (Wildman–Crippen LogP) is 2.85. The average molecular weight is 277 g/mol. The van der Waals surface area contributed by atoms with Crippen molar-refractivity contribution in [1.29, 1.82) is 0 Å². The summed E-state index contributed by atoms with van der Waals surface area (Å²) in [4.78, 5) is 0. The van der Waals surface area contributed by atoms with Crippen LogP contribution in [0.5, 0.6) is 5.75 Å². The Bertz CT molecular complexity index is 418. The van der Waals surface area contributed by atoms with Crippen molar-refractivity contribution in [2.75, 3.05) is 6.61 Å². The zero-order chi connectivity index (χ0) is 14.6. The second kappa shape index (κ2) is 6.59. The summed E-state index contributed by atoms with van der Waals surface area (Å²) in [7, 11) is 0. The van der Waals surface area contributed by atoms with Gasteiger partial charge in [-0.1, -0.05) is 25.5 Å². The number of aromatic hydroxyl groups is 1. The summed E-state index contributed by atoms with van der Waals surface area (Å²) in [6.45, 7) is 4.68. The fraction of sp³-hybridized carbons (Fsp3) is 0.647. The van der Waals surface area contributed by atoms with Gasteiger partial charge in [0, 0.05) is 24.1 Å². The van der Waals surface area contributed by atoms with Crippen LogP contribution in [0, 0.1) is 5.41 Å². The third kappa shape index (κ3) is 3.74. The Morgan fingerprint density at radius 1 is 1.35 bits per heavy atom. The van der Waals surface area contributed by atoms with Gasteiger partial charge in [-0.2, -0.15) is 0 Å². The van der Waals surface area contributed by atoms with Crippen LogP contribution in [0.25, 0.3) is 0 Å². The first-order valence-electron chi connectivity index (χ1n) is 7.68. The highest BCUT2D eigenvalue weighted by molar-refractivity contribution is 5.25. The van der Waals surface area contributed by atoms with E-state index < -0.39 is 0 Å². The first kappa shape index (κ1) is 15.3. The van der Waals surface area contributed by atoms with Gasteiger partial charge in [-0.05, 0) is 50.3 Å². The molecule has 3 heteroatoms. The fourth-order valence-corrected chi connectivity index (χ4v) is 3.18. The highest BCUT2D eigenvalue weighted by Crippen LogP contribution is 2.37. The Morgan fingerprint density at radius 2 is 2.05 bits per heavy atom. The molecule has 0 heterocycles. The van der Waals surface area contributed by atoms with Crippen LogP contribution in [-0.4, -0.2) is 28.9 Å². The maximum absolute atomic E-state index is 9.58. The van der Waals surface area contributed by atoms with Crippen molar-refractivity contribution < 1.29 is 10.2 Å². The van der Waals surface area contributed by atoms with E-state index in [2.05, 4.69) is 19.2 Å². The summed E-state index contributed by atoms with van der Waals surface area (Å²) in [6, 6.07) is 8.32. The molecule has 2 rings (SSSR count). The largest absolute Gasteiger partial charge is 0.508 e. The maximum Gasteiger partial charge on any atom is 0.115 e. The smallest absolute Gasteiger partial charge is 0.115 e. The van der Waals surface area contributed by atoms with Crippen LogP contribution in [0.4, 0.5) is 0 Å². The molecule has 0 bridgehead atoms. The van der Waals surface area contributed by atoms with Crippen molar-refractivity contribution in [2.24, 2.45) is 5.41 Å². The molecule has 3 atom stereocenters. The SMILES string of the molecule is C[C@H](CCc1ccc(O)cc1)N[C@@H]1CCC[C@]1(C)CO. The Balaban J connectivity index is 1.80. The Kier molecular flexibility index (Phi) is 5.06. The van der Waals surface area contributed by atoms with E-state index in [9.17, 15) is 10.2 Å². The lowest BCUT2D eigenvalue weighted by Gasteiger charge is -2.32. The van der Waals surface area contributed by atoms with E-state index in [1.807, 2.05) is 12.1 Å². The number of benzene rings is 1. The summed E-state index contributed by atoms with van der Waals surface area (Å²) in [5.74, 6) is 0.324. The zero-order valence-electron chi connectivity index (χ0n) is 12.6. The lowest BCUT2D eigenvalue weighted by Crippen LogP contribution is -2.45. The average Bonchev–Trinajstić information content (AvgIpc) is 2.80. The van der Waals surface area contributed by atoms with Gasteiger partial charge in [-0.15, -0.1) is 0 Å². The van der Waals surface area contributed by atoms with Crippen LogP contribution in [0.15, 0.2) is 24.3 Å². The quantitative estimate of drug-likeness (QED) is 0.749. The number of phenols is 1.